The minimum Gasteiger partial charge on any atom is -0.383 e. The molecular weight excluding hydrogens is 343 g/mol. The Morgan fingerprint density at radius 3 is 2.47 bits per heavy atom. The van der Waals surface area contributed by atoms with Crippen LogP contribution in [0.4, 0.5) is 0 Å². The Morgan fingerprint density at radius 2 is 1.94 bits per heavy atom. The summed E-state index contributed by atoms with van der Waals surface area (Å²) in [7, 11) is 0. The van der Waals surface area contributed by atoms with Gasteiger partial charge in [-0.3, -0.25) is 0 Å². The van der Waals surface area contributed by atoms with Crippen molar-refractivity contribution in [2.24, 2.45) is 0 Å². The first-order chi connectivity index (χ1) is 7.99. The molecule has 0 bridgehead atoms. The molecule has 0 amide bonds. The van der Waals surface area contributed by atoms with Crippen LogP contribution in [-0.2, 0) is 0 Å². The molecule has 17 heavy (non-hydrogen) atoms. The summed E-state index contributed by atoms with van der Waals surface area (Å²) in [5.41, 5.74) is 1.86. The molecular formula is C12H9BrCl2OS. The van der Waals surface area contributed by atoms with Crippen molar-refractivity contribution in [3.63, 3.8) is 0 Å². The van der Waals surface area contributed by atoms with Crippen molar-refractivity contribution in [3.05, 3.63) is 54.1 Å². The van der Waals surface area contributed by atoms with Crippen LogP contribution in [0, 0.1) is 6.92 Å². The summed E-state index contributed by atoms with van der Waals surface area (Å²) >= 11 is 16.7. The van der Waals surface area contributed by atoms with E-state index in [0.29, 0.717) is 10.0 Å². The molecule has 1 heterocycles. The van der Waals surface area contributed by atoms with Gasteiger partial charge in [-0.15, -0.1) is 11.3 Å². The van der Waals surface area contributed by atoms with Crippen molar-refractivity contribution in [3.8, 4) is 0 Å². The third-order valence-corrected chi connectivity index (χ3v) is 5.33. The summed E-state index contributed by atoms with van der Waals surface area (Å²) in [6.45, 7) is 1.99. The normalized spacial score (nSPS) is 12.8. The van der Waals surface area contributed by atoms with Crippen LogP contribution in [0.2, 0.25) is 10.0 Å². The van der Waals surface area contributed by atoms with Crippen molar-refractivity contribution >= 4 is 50.5 Å². The topological polar surface area (TPSA) is 20.2 Å². The molecule has 0 aliphatic rings. The molecule has 1 nitrogen and oxygen atoms in total. The molecule has 1 N–H and O–H groups in total. The minimum atomic E-state index is -0.667. The number of aryl methyl sites for hydroxylation is 1. The van der Waals surface area contributed by atoms with Gasteiger partial charge in [0.15, 0.2) is 0 Å². The number of benzene rings is 1. The van der Waals surface area contributed by atoms with Gasteiger partial charge in [0.1, 0.15) is 6.10 Å². The Morgan fingerprint density at radius 1 is 1.24 bits per heavy atom. The van der Waals surface area contributed by atoms with Gasteiger partial charge in [0.2, 0.25) is 0 Å². The van der Waals surface area contributed by atoms with E-state index in [9.17, 15) is 5.11 Å². The van der Waals surface area contributed by atoms with Crippen molar-refractivity contribution in [2.75, 3.05) is 0 Å². The van der Waals surface area contributed by atoms with Gasteiger partial charge < -0.3 is 5.11 Å². The van der Waals surface area contributed by atoms with Gasteiger partial charge >= 0.3 is 0 Å². The third-order valence-electron chi connectivity index (χ3n) is 2.41. The highest BCUT2D eigenvalue weighted by Gasteiger charge is 2.15. The van der Waals surface area contributed by atoms with E-state index in [1.54, 1.807) is 18.2 Å². The van der Waals surface area contributed by atoms with Crippen LogP contribution in [0.3, 0.4) is 0 Å². The summed E-state index contributed by atoms with van der Waals surface area (Å²) in [5, 5.41) is 11.2. The SMILES string of the molecule is Cc1cc(C(O)c2ccc(Cl)c(Cl)c2)sc1Br. The van der Waals surface area contributed by atoms with Crippen LogP contribution in [0.15, 0.2) is 28.1 Å². The fraction of sp³-hybridized carbons (Fsp3) is 0.167. The highest BCUT2D eigenvalue weighted by molar-refractivity contribution is 9.11. The van der Waals surface area contributed by atoms with Crippen molar-refractivity contribution in [2.45, 2.75) is 13.0 Å². The molecule has 0 spiro atoms. The lowest BCUT2D eigenvalue weighted by Gasteiger charge is -2.09. The van der Waals surface area contributed by atoms with Gasteiger partial charge in [0, 0.05) is 4.88 Å². The highest BCUT2D eigenvalue weighted by atomic mass is 79.9. The zero-order chi connectivity index (χ0) is 12.6. The summed E-state index contributed by atoms with van der Waals surface area (Å²) in [5.74, 6) is 0. The molecule has 5 heteroatoms. The average Bonchev–Trinajstić information content (AvgIpc) is 2.62. The van der Waals surface area contributed by atoms with Crippen LogP contribution < -0.4 is 0 Å². The fourth-order valence-electron chi connectivity index (χ4n) is 1.47. The first kappa shape index (κ1) is 13.4. The Bertz CT molecular complexity index is 534. The number of hydrogen-bond donors (Lipinski definition) is 1. The number of thiophene rings is 1. The number of halogens is 3. The van der Waals surface area contributed by atoms with Crippen molar-refractivity contribution in [1.29, 1.82) is 0 Å². The second-order valence-corrected chi connectivity index (χ2v) is 6.90. The Kier molecular flexibility index (Phi) is 4.16. The summed E-state index contributed by atoms with van der Waals surface area (Å²) in [6.07, 6.45) is -0.667. The van der Waals surface area contributed by atoms with Gasteiger partial charge in [-0.05, 0) is 52.2 Å². The van der Waals surface area contributed by atoms with Crippen LogP contribution >= 0.6 is 50.5 Å². The van der Waals surface area contributed by atoms with Gasteiger partial charge in [-0.25, -0.2) is 0 Å². The minimum absolute atomic E-state index is 0.454. The van der Waals surface area contributed by atoms with E-state index < -0.39 is 6.10 Å². The maximum Gasteiger partial charge on any atom is 0.113 e. The maximum atomic E-state index is 10.2. The molecule has 1 unspecified atom stereocenters. The van der Waals surface area contributed by atoms with E-state index in [4.69, 9.17) is 23.2 Å². The van der Waals surface area contributed by atoms with Gasteiger partial charge in [-0.1, -0.05) is 29.3 Å². The Balaban J connectivity index is 2.36. The van der Waals surface area contributed by atoms with Crippen molar-refractivity contribution in [1.82, 2.24) is 0 Å². The molecule has 0 aliphatic heterocycles. The largest absolute Gasteiger partial charge is 0.383 e. The molecule has 0 aliphatic carbocycles. The lowest BCUT2D eigenvalue weighted by molar-refractivity contribution is 0.224. The number of rotatable bonds is 2. The second-order valence-electron chi connectivity index (χ2n) is 3.68. The number of aliphatic hydroxyl groups excluding tert-OH is 1. The molecule has 2 rings (SSSR count). The molecule has 1 aromatic heterocycles. The molecule has 0 saturated heterocycles. The van der Waals surface area contributed by atoms with Gasteiger partial charge in [0.05, 0.1) is 13.8 Å². The Hall–Kier alpha value is -0.0600. The molecule has 0 radical (unpaired) electrons. The predicted octanol–water partition coefficient (Wildman–Crippen LogP) is 5.21. The van der Waals surface area contributed by atoms with Gasteiger partial charge in [0.25, 0.3) is 0 Å². The molecule has 1 aromatic carbocycles. The molecule has 90 valence electrons. The number of aliphatic hydroxyl groups is 1. The molecule has 2 aromatic rings. The average molecular weight is 352 g/mol. The zero-order valence-electron chi connectivity index (χ0n) is 8.88. The molecule has 1 atom stereocenters. The summed E-state index contributed by atoms with van der Waals surface area (Å²) < 4.78 is 1.03. The zero-order valence-corrected chi connectivity index (χ0v) is 12.8. The lowest BCUT2D eigenvalue weighted by atomic mass is 10.1. The van der Waals surface area contributed by atoms with Crippen LogP contribution in [0.5, 0.6) is 0 Å². The van der Waals surface area contributed by atoms with Crippen LogP contribution in [-0.4, -0.2) is 5.11 Å². The lowest BCUT2D eigenvalue weighted by Crippen LogP contribution is -1.96. The summed E-state index contributed by atoms with van der Waals surface area (Å²) in [4.78, 5) is 0.882. The van der Waals surface area contributed by atoms with E-state index in [1.807, 2.05) is 13.0 Å². The van der Waals surface area contributed by atoms with Crippen LogP contribution in [0.1, 0.15) is 22.1 Å². The van der Waals surface area contributed by atoms with E-state index >= 15 is 0 Å². The maximum absolute atomic E-state index is 10.2. The van der Waals surface area contributed by atoms with E-state index in [1.165, 1.54) is 11.3 Å². The summed E-state index contributed by atoms with van der Waals surface area (Å²) in [6, 6.07) is 7.12. The van der Waals surface area contributed by atoms with E-state index in [-0.39, 0.29) is 0 Å². The van der Waals surface area contributed by atoms with Gasteiger partial charge in [-0.2, -0.15) is 0 Å². The first-order valence-electron chi connectivity index (χ1n) is 4.88. The monoisotopic (exact) mass is 350 g/mol. The van der Waals surface area contributed by atoms with E-state index in [2.05, 4.69) is 15.9 Å². The van der Waals surface area contributed by atoms with E-state index in [0.717, 1.165) is 19.8 Å². The predicted molar refractivity (Wildman–Crippen MR) is 77.3 cm³/mol. The smallest absolute Gasteiger partial charge is 0.113 e. The van der Waals surface area contributed by atoms with Crippen molar-refractivity contribution < 1.29 is 5.11 Å². The number of hydrogen-bond acceptors (Lipinski definition) is 2. The fourth-order valence-corrected chi connectivity index (χ4v) is 3.36. The Labute approximate surface area is 122 Å². The molecule has 0 saturated carbocycles. The standard InChI is InChI=1S/C12H9BrCl2OS/c1-6-4-10(17-12(6)13)11(16)7-2-3-8(14)9(15)5-7/h2-5,11,16H,1H3. The first-order valence-corrected chi connectivity index (χ1v) is 7.24. The molecule has 0 fully saturated rings. The highest BCUT2D eigenvalue weighted by Crippen LogP contribution is 2.35. The van der Waals surface area contributed by atoms with Crippen LogP contribution in [0.25, 0.3) is 0 Å². The quantitative estimate of drug-likeness (QED) is 0.787. The second kappa shape index (κ2) is 5.29. The third kappa shape index (κ3) is 2.85.